The maximum atomic E-state index is 5.21. The zero-order valence-electron chi connectivity index (χ0n) is 25.4. The number of ether oxygens (including phenoxy) is 1. The number of hydrogen-bond acceptors (Lipinski definition) is 6. The number of rotatable bonds is 6. The number of nitrogens with zero attached hydrogens (tertiary/aromatic N) is 5. The highest BCUT2D eigenvalue weighted by Gasteiger charge is 2.21. The van der Waals surface area contributed by atoms with Gasteiger partial charge in [0.25, 0.3) is 0 Å². The Morgan fingerprint density at radius 3 is 1.29 bits per heavy atom. The van der Waals surface area contributed by atoms with Gasteiger partial charge in [-0.05, 0) is 121 Å². The van der Waals surface area contributed by atoms with Crippen molar-refractivity contribution in [1.29, 1.82) is 0 Å². The van der Waals surface area contributed by atoms with Gasteiger partial charge in [-0.1, -0.05) is 0 Å². The highest BCUT2D eigenvalue weighted by atomic mass is 16.5. The first kappa shape index (κ1) is 32.8. The molecule has 0 aliphatic carbocycles. The summed E-state index contributed by atoms with van der Waals surface area (Å²) in [4.78, 5) is 12.5. The van der Waals surface area contributed by atoms with E-state index in [1.165, 1.54) is 65.1 Å². The average molecular weight is 498 g/mol. The van der Waals surface area contributed by atoms with Crippen molar-refractivity contribution >= 4 is 0 Å². The van der Waals surface area contributed by atoms with Crippen LogP contribution in [0.2, 0.25) is 0 Å². The fourth-order valence-electron chi connectivity index (χ4n) is 5.25. The molecule has 3 fully saturated rings. The van der Waals surface area contributed by atoms with E-state index < -0.39 is 0 Å². The normalized spacial score (nSPS) is 22.4. The fourth-order valence-corrected chi connectivity index (χ4v) is 5.25. The van der Waals surface area contributed by atoms with E-state index in [4.69, 9.17) is 4.74 Å². The van der Waals surface area contributed by atoms with E-state index in [0.717, 1.165) is 38.3 Å². The van der Waals surface area contributed by atoms with Crippen molar-refractivity contribution in [2.75, 3.05) is 86.2 Å². The highest BCUT2D eigenvalue weighted by molar-refractivity contribution is 4.76. The Balaban J connectivity index is 0.000000267. The van der Waals surface area contributed by atoms with Gasteiger partial charge < -0.3 is 14.5 Å². The number of piperidine rings is 1. The zero-order chi connectivity index (χ0) is 26.4. The van der Waals surface area contributed by atoms with Crippen molar-refractivity contribution in [1.82, 2.24) is 24.5 Å². The van der Waals surface area contributed by atoms with Crippen LogP contribution in [-0.2, 0) is 4.74 Å². The van der Waals surface area contributed by atoms with Crippen LogP contribution in [0.1, 0.15) is 74.7 Å². The smallest absolute Gasteiger partial charge is 0.0594 e. The van der Waals surface area contributed by atoms with Crippen molar-refractivity contribution in [3.8, 4) is 0 Å². The third-order valence-corrected chi connectivity index (χ3v) is 7.80. The maximum absolute atomic E-state index is 5.21. The summed E-state index contributed by atoms with van der Waals surface area (Å²) in [5.74, 6) is 0.935. The van der Waals surface area contributed by atoms with Gasteiger partial charge in [0, 0.05) is 56.9 Å². The predicted molar refractivity (Wildman–Crippen MR) is 154 cm³/mol. The summed E-state index contributed by atoms with van der Waals surface area (Å²) in [5, 5.41) is 0. The van der Waals surface area contributed by atoms with E-state index in [1.807, 2.05) is 0 Å². The van der Waals surface area contributed by atoms with Gasteiger partial charge in [0.15, 0.2) is 0 Å². The van der Waals surface area contributed by atoms with Crippen LogP contribution in [-0.4, -0.2) is 135 Å². The van der Waals surface area contributed by atoms with Crippen LogP contribution < -0.4 is 0 Å². The highest BCUT2D eigenvalue weighted by Crippen LogP contribution is 2.19. The Hall–Kier alpha value is -0.240. The summed E-state index contributed by atoms with van der Waals surface area (Å²) in [6.07, 6.45) is 4.10. The summed E-state index contributed by atoms with van der Waals surface area (Å²) in [6.45, 7) is 31.2. The van der Waals surface area contributed by atoms with Crippen molar-refractivity contribution < 1.29 is 4.74 Å². The molecule has 0 unspecified atom stereocenters. The summed E-state index contributed by atoms with van der Waals surface area (Å²) >= 11 is 0. The summed E-state index contributed by atoms with van der Waals surface area (Å²) < 4.78 is 5.21. The van der Waals surface area contributed by atoms with Crippen molar-refractivity contribution in [3.63, 3.8) is 0 Å². The lowest BCUT2D eigenvalue weighted by atomic mass is 9.96. The molecular formula is C29H63N5O. The Bertz CT molecular complexity index is 481. The topological polar surface area (TPSA) is 25.4 Å². The molecule has 0 aromatic carbocycles. The first-order valence-electron chi connectivity index (χ1n) is 14.7. The van der Waals surface area contributed by atoms with Gasteiger partial charge >= 0.3 is 0 Å². The van der Waals surface area contributed by atoms with Gasteiger partial charge in [-0.25, -0.2) is 0 Å². The largest absolute Gasteiger partial charge is 0.379 e. The lowest BCUT2D eigenvalue weighted by molar-refractivity contribution is 0.0238. The SMILES string of the molecule is CC(C)N1CCC(CN(C)C)CC1.CC(C)N1CCCN(C(C)C)CC1.CC(C)N1CCOCC1. The van der Waals surface area contributed by atoms with E-state index in [1.54, 1.807) is 0 Å². The molecule has 210 valence electrons. The third kappa shape index (κ3) is 14.3. The maximum Gasteiger partial charge on any atom is 0.0594 e. The molecule has 3 aliphatic rings. The van der Waals surface area contributed by atoms with Crippen LogP contribution in [0.4, 0.5) is 0 Å². The zero-order valence-corrected chi connectivity index (χ0v) is 25.4. The van der Waals surface area contributed by atoms with Crippen LogP contribution in [0.3, 0.4) is 0 Å². The molecule has 0 amide bonds. The monoisotopic (exact) mass is 498 g/mol. The molecule has 35 heavy (non-hydrogen) atoms. The molecule has 3 saturated heterocycles. The summed E-state index contributed by atoms with van der Waals surface area (Å²) in [7, 11) is 4.35. The molecule has 0 aromatic heterocycles. The van der Waals surface area contributed by atoms with Gasteiger partial charge in [-0.15, -0.1) is 0 Å². The first-order valence-corrected chi connectivity index (χ1v) is 14.7. The van der Waals surface area contributed by atoms with Gasteiger partial charge in [0.2, 0.25) is 0 Å². The van der Waals surface area contributed by atoms with E-state index >= 15 is 0 Å². The van der Waals surface area contributed by atoms with Gasteiger partial charge in [-0.2, -0.15) is 0 Å². The van der Waals surface area contributed by atoms with Crippen molar-refractivity contribution in [2.45, 2.75) is 98.8 Å². The predicted octanol–water partition coefficient (Wildman–Crippen LogP) is 4.21. The summed E-state index contributed by atoms with van der Waals surface area (Å²) in [6, 6.07) is 2.86. The molecule has 0 radical (unpaired) electrons. The van der Waals surface area contributed by atoms with E-state index in [0.29, 0.717) is 18.1 Å². The standard InChI is InChI=1S/2C11H24N2.C7H15NO/c1-10(2)13-7-5-11(6-8-13)9-12(3)4;1-10(2)12-6-5-7-13(9-8-12)11(3)4;1-7(2)8-3-5-9-6-4-8/h2*10-11H,5-9H2,1-4H3;7H,3-6H2,1-2H3. The van der Waals surface area contributed by atoms with Crippen LogP contribution >= 0.6 is 0 Å². The lowest BCUT2D eigenvalue weighted by Crippen LogP contribution is -2.40. The van der Waals surface area contributed by atoms with Crippen LogP contribution in [0.5, 0.6) is 0 Å². The lowest BCUT2D eigenvalue weighted by Gasteiger charge is -2.35. The van der Waals surface area contributed by atoms with Crippen LogP contribution in [0.15, 0.2) is 0 Å². The Labute approximate surface area is 220 Å². The molecule has 3 rings (SSSR count). The number of hydrogen-bond donors (Lipinski definition) is 0. The number of likely N-dealkylation sites (tertiary alicyclic amines) is 1. The van der Waals surface area contributed by atoms with Crippen LogP contribution in [0, 0.1) is 5.92 Å². The number of morpholine rings is 1. The second-order valence-electron chi connectivity index (χ2n) is 12.2. The van der Waals surface area contributed by atoms with E-state index in [9.17, 15) is 0 Å². The first-order chi connectivity index (χ1) is 16.5. The quantitative estimate of drug-likeness (QED) is 0.545. The van der Waals surface area contributed by atoms with Gasteiger partial charge in [0.05, 0.1) is 13.2 Å². The van der Waals surface area contributed by atoms with Crippen molar-refractivity contribution in [2.24, 2.45) is 5.92 Å². The molecule has 6 nitrogen and oxygen atoms in total. The molecule has 0 atom stereocenters. The van der Waals surface area contributed by atoms with E-state index in [-0.39, 0.29) is 0 Å². The second kappa shape index (κ2) is 18.1. The van der Waals surface area contributed by atoms with Gasteiger partial charge in [-0.3, -0.25) is 14.7 Å². The van der Waals surface area contributed by atoms with Crippen molar-refractivity contribution in [3.05, 3.63) is 0 Å². The minimum Gasteiger partial charge on any atom is -0.379 e. The average Bonchev–Trinajstić information content (AvgIpc) is 3.07. The Morgan fingerprint density at radius 1 is 0.571 bits per heavy atom. The van der Waals surface area contributed by atoms with E-state index in [2.05, 4.69) is 94.0 Å². The molecule has 3 heterocycles. The Kier molecular flexibility index (Phi) is 16.9. The minimum absolute atomic E-state index is 0.689. The molecule has 0 N–H and O–H groups in total. The fraction of sp³-hybridized carbons (Fsp3) is 1.00. The van der Waals surface area contributed by atoms with Gasteiger partial charge in [0.1, 0.15) is 0 Å². The molecule has 0 bridgehead atoms. The second-order valence-corrected chi connectivity index (χ2v) is 12.2. The third-order valence-electron chi connectivity index (χ3n) is 7.80. The molecule has 0 saturated carbocycles. The Morgan fingerprint density at radius 2 is 0.943 bits per heavy atom. The molecular weight excluding hydrogens is 434 g/mol. The summed E-state index contributed by atoms with van der Waals surface area (Å²) in [5.41, 5.74) is 0. The molecule has 0 aromatic rings. The molecule has 6 heteroatoms. The minimum atomic E-state index is 0.689. The molecule has 0 spiro atoms. The molecule has 3 aliphatic heterocycles. The van der Waals surface area contributed by atoms with Crippen LogP contribution in [0.25, 0.3) is 0 Å².